The van der Waals surface area contributed by atoms with Gasteiger partial charge < -0.3 is 10.6 Å². The minimum atomic E-state index is -0.606. The van der Waals surface area contributed by atoms with Crippen molar-refractivity contribution in [2.24, 2.45) is 0 Å². The Morgan fingerprint density at radius 3 is 2.19 bits per heavy atom. The molecule has 0 saturated heterocycles. The molecule has 0 radical (unpaired) electrons. The van der Waals surface area contributed by atoms with Crippen molar-refractivity contribution in [1.82, 2.24) is 21.5 Å². The van der Waals surface area contributed by atoms with Crippen molar-refractivity contribution in [2.75, 3.05) is 6.54 Å². The maximum absolute atomic E-state index is 12.8. The van der Waals surface area contributed by atoms with E-state index in [2.05, 4.69) is 21.5 Å². The summed E-state index contributed by atoms with van der Waals surface area (Å²) in [6.45, 7) is 1.98. The minimum Gasteiger partial charge on any atom is -0.334 e. The molecule has 2 rings (SSSR count). The van der Waals surface area contributed by atoms with E-state index < -0.39 is 23.7 Å². The van der Waals surface area contributed by atoms with Crippen LogP contribution in [0.25, 0.3) is 0 Å². The van der Waals surface area contributed by atoms with Gasteiger partial charge in [0.15, 0.2) is 0 Å². The van der Waals surface area contributed by atoms with E-state index in [0.29, 0.717) is 6.54 Å². The molecule has 4 amide bonds. The van der Waals surface area contributed by atoms with Gasteiger partial charge in [-0.3, -0.25) is 20.4 Å². The summed E-state index contributed by atoms with van der Waals surface area (Å²) in [5.41, 5.74) is 6.57. The van der Waals surface area contributed by atoms with Crippen LogP contribution in [-0.2, 0) is 11.3 Å². The number of carbonyl (C=O) groups is 3. The molecule has 136 valence electrons. The maximum atomic E-state index is 12.8. The second-order valence-corrected chi connectivity index (χ2v) is 5.53. The highest BCUT2D eigenvalue weighted by atomic mass is 19.1. The monoisotopic (exact) mass is 358 g/mol. The fourth-order valence-electron chi connectivity index (χ4n) is 1.96. The maximum Gasteiger partial charge on any atom is 0.315 e. The number of nitrogens with one attached hydrogen (secondary N) is 4. The van der Waals surface area contributed by atoms with Crippen LogP contribution in [0.5, 0.6) is 0 Å². The summed E-state index contributed by atoms with van der Waals surface area (Å²) >= 11 is 0. The molecule has 0 heterocycles. The first kappa shape index (κ1) is 18.9. The molecule has 2 aromatic carbocycles. The molecule has 0 spiro atoms. The zero-order chi connectivity index (χ0) is 18.9. The van der Waals surface area contributed by atoms with Gasteiger partial charge in [-0.15, -0.1) is 0 Å². The number of carbonyl (C=O) groups excluding carboxylic acids is 3. The molecule has 0 aliphatic heterocycles. The molecule has 0 bridgehead atoms. The highest BCUT2D eigenvalue weighted by molar-refractivity contribution is 5.95. The Hall–Kier alpha value is -3.42. The summed E-state index contributed by atoms with van der Waals surface area (Å²) in [6, 6.07) is 12.0. The fraction of sp³-hybridized carbons (Fsp3) is 0.167. The summed E-state index contributed by atoms with van der Waals surface area (Å²) in [6.07, 6.45) is 0. The predicted octanol–water partition coefficient (Wildman–Crippen LogP) is 1.39. The van der Waals surface area contributed by atoms with Gasteiger partial charge in [0, 0.05) is 12.1 Å². The normalized spacial score (nSPS) is 9.92. The Morgan fingerprint density at radius 1 is 0.885 bits per heavy atom. The van der Waals surface area contributed by atoms with Crippen LogP contribution < -0.4 is 21.5 Å². The third-order valence-corrected chi connectivity index (χ3v) is 3.41. The van der Waals surface area contributed by atoms with E-state index in [-0.39, 0.29) is 12.1 Å². The highest BCUT2D eigenvalue weighted by Crippen LogP contribution is 2.02. The van der Waals surface area contributed by atoms with Crippen LogP contribution in [-0.4, -0.2) is 24.4 Å². The average molecular weight is 358 g/mol. The minimum absolute atomic E-state index is 0.190. The molecule has 0 aliphatic carbocycles. The lowest BCUT2D eigenvalue weighted by Gasteiger charge is -2.09. The lowest BCUT2D eigenvalue weighted by molar-refractivity contribution is -0.120. The predicted molar refractivity (Wildman–Crippen MR) is 93.4 cm³/mol. The fourth-order valence-corrected chi connectivity index (χ4v) is 1.96. The Balaban J connectivity index is 1.66. The topological polar surface area (TPSA) is 99.3 Å². The molecule has 26 heavy (non-hydrogen) atoms. The first-order chi connectivity index (χ1) is 12.4. The van der Waals surface area contributed by atoms with Gasteiger partial charge in [-0.25, -0.2) is 9.18 Å². The lowest BCUT2D eigenvalue weighted by Crippen LogP contribution is -2.47. The van der Waals surface area contributed by atoms with Crippen molar-refractivity contribution < 1.29 is 18.8 Å². The van der Waals surface area contributed by atoms with Crippen LogP contribution in [0.4, 0.5) is 9.18 Å². The quantitative estimate of drug-likeness (QED) is 0.608. The number of hydrogen-bond donors (Lipinski definition) is 4. The third-order valence-electron chi connectivity index (χ3n) is 3.41. The van der Waals surface area contributed by atoms with Gasteiger partial charge in [0.2, 0.25) is 0 Å². The molecule has 0 saturated carbocycles. The number of hydrazine groups is 1. The van der Waals surface area contributed by atoms with E-state index in [9.17, 15) is 18.8 Å². The van der Waals surface area contributed by atoms with Gasteiger partial charge in [0.25, 0.3) is 11.8 Å². The molecule has 0 fully saturated rings. The SMILES string of the molecule is Cc1ccc(CNC(=O)NCC(=O)NNC(=O)c2ccc(F)cc2)cc1. The van der Waals surface area contributed by atoms with E-state index in [1.165, 1.54) is 12.1 Å². The van der Waals surface area contributed by atoms with Crippen LogP contribution in [0, 0.1) is 12.7 Å². The molecule has 0 atom stereocenters. The molecule has 8 heteroatoms. The first-order valence-electron chi connectivity index (χ1n) is 7.86. The van der Waals surface area contributed by atoms with E-state index >= 15 is 0 Å². The molecular weight excluding hydrogens is 339 g/mol. The number of halogens is 1. The summed E-state index contributed by atoms with van der Waals surface area (Å²) in [5.74, 6) is -1.67. The van der Waals surface area contributed by atoms with Gasteiger partial charge in [0.05, 0.1) is 0 Å². The van der Waals surface area contributed by atoms with E-state index in [1.807, 2.05) is 31.2 Å². The number of rotatable bonds is 5. The molecule has 7 nitrogen and oxygen atoms in total. The standard InChI is InChI=1S/C18H19FN4O3/c1-12-2-4-13(5-3-12)10-20-18(26)21-11-16(24)22-23-17(25)14-6-8-15(19)9-7-14/h2-9H,10-11H2,1H3,(H,22,24)(H,23,25)(H2,20,21,26). The zero-order valence-electron chi connectivity index (χ0n) is 14.1. The van der Waals surface area contributed by atoms with Crippen LogP contribution in [0.15, 0.2) is 48.5 Å². The van der Waals surface area contributed by atoms with E-state index in [0.717, 1.165) is 23.3 Å². The van der Waals surface area contributed by atoms with Crippen molar-refractivity contribution in [3.63, 3.8) is 0 Å². The van der Waals surface area contributed by atoms with Crippen molar-refractivity contribution in [1.29, 1.82) is 0 Å². The molecule has 0 aromatic heterocycles. The van der Waals surface area contributed by atoms with Crippen LogP contribution in [0.3, 0.4) is 0 Å². The van der Waals surface area contributed by atoms with Crippen molar-refractivity contribution in [3.8, 4) is 0 Å². The Kier molecular flexibility index (Phi) is 6.67. The summed E-state index contributed by atoms with van der Waals surface area (Å²) in [5, 5.41) is 4.99. The Morgan fingerprint density at radius 2 is 1.54 bits per heavy atom. The van der Waals surface area contributed by atoms with Crippen molar-refractivity contribution >= 4 is 17.8 Å². The molecule has 2 aromatic rings. The summed E-state index contributed by atoms with van der Waals surface area (Å²) in [7, 11) is 0. The Labute approximate surface area is 149 Å². The zero-order valence-corrected chi connectivity index (χ0v) is 14.1. The third kappa shape index (κ3) is 6.23. The summed E-state index contributed by atoms with van der Waals surface area (Å²) in [4.78, 5) is 35.0. The highest BCUT2D eigenvalue weighted by Gasteiger charge is 2.08. The van der Waals surface area contributed by atoms with Gasteiger partial charge in [-0.1, -0.05) is 29.8 Å². The first-order valence-corrected chi connectivity index (χ1v) is 7.86. The van der Waals surface area contributed by atoms with E-state index in [1.54, 1.807) is 0 Å². The molecule has 0 aliphatic rings. The van der Waals surface area contributed by atoms with Crippen LogP contribution in [0.1, 0.15) is 21.5 Å². The summed E-state index contributed by atoms with van der Waals surface area (Å²) < 4.78 is 12.8. The second kappa shape index (κ2) is 9.16. The smallest absolute Gasteiger partial charge is 0.315 e. The number of urea groups is 1. The number of amides is 4. The average Bonchev–Trinajstić information content (AvgIpc) is 2.64. The molecule has 0 unspecified atom stereocenters. The van der Waals surface area contributed by atoms with Gasteiger partial charge >= 0.3 is 6.03 Å². The van der Waals surface area contributed by atoms with Crippen molar-refractivity contribution in [3.05, 3.63) is 71.0 Å². The Bertz CT molecular complexity index is 776. The van der Waals surface area contributed by atoms with Crippen molar-refractivity contribution in [2.45, 2.75) is 13.5 Å². The number of benzene rings is 2. The van der Waals surface area contributed by atoms with Crippen LogP contribution in [0.2, 0.25) is 0 Å². The lowest BCUT2D eigenvalue weighted by atomic mass is 10.1. The molecule has 4 N–H and O–H groups in total. The molecular formula is C18H19FN4O3. The number of aryl methyl sites for hydroxylation is 1. The van der Waals surface area contributed by atoms with Crippen LogP contribution >= 0.6 is 0 Å². The van der Waals surface area contributed by atoms with Gasteiger partial charge in [0.1, 0.15) is 12.4 Å². The number of hydrogen-bond acceptors (Lipinski definition) is 3. The largest absolute Gasteiger partial charge is 0.334 e. The van der Waals surface area contributed by atoms with Gasteiger partial charge in [-0.05, 0) is 36.8 Å². The second-order valence-electron chi connectivity index (χ2n) is 5.53. The van der Waals surface area contributed by atoms with E-state index in [4.69, 9.17) is 0 Å². The van der Waals surface area contributed by atoms with Gasteiger partial charge in [-0.2, -0.15) is 0 Å².